The maximum Gasteiger partial charge on any atom is 0.0923 e. The maximum absolute atomic E-state index is 7.29. The number of amidine groups is 1. The van der Waals surface area contributed by atoms with Crippen molar-refractivity contribution < 1.29 is 0 Å². The molecule has 16 heavy (non-hydrogen) atoms. The minimum Gasteiger partial charge on any atom is -0.388 e. The molecule has 1 fully saturated rings. The largest absolute Gasteiger partial charge is 0.388 e. The second-order valence-corrected chi connectivity index (χ2v) is 4.36. The highest BCUT2D eigenvalue weighted by Gasteiger charge is 2.29. The van der Waals surface area contributed by atoms with Crippen molar-refractivity contribution in [2.24, 2.45) is 5.73 Å². The fraction of sp³-hybridized carbons (Fsp3) is 0.500. The highest BCUT2D eigenvalue weighted by molar-refractivity contribution is 5.77. The van der Waals surface area contributed by atoms with E-state index in [2.05, 4.69) is 16.0 Å². The molecule has 4 heteroatoms. The molecule has 0 amide bonds. The quantitative estimate of drug-likeness (QED) is 0.583. The fourth-order valence-corrected chi connectivity index (χ4v) is 1.86. The van der Waals surface area contributed by atoms with Crippen molar-refractivity contribution in [3.8, 4) is 0 Å². The van der Waals surface area contributed by atoms with Crippen LogP contribution in [0.15, 0.2) is 18.3 Å². The van der Waals surface area contributed by atoms with E-state index in [9.17, 15) is 0 Å². The predicted molar refractivity (Wildman–Crippen MR) is 65.9 cm³/mol. The minimum atomic E-state index is 0.261. The van der Waals surface area contributed by atoms with Gasteiger partial charge in [0, 0.05) is 36.6 Å². The summed E-state index contributed by atoms with van der Waals surface area (Å²) in [4.78, 5) is 6.55. The summed E-state index contributed by atoms with van der Waals surface area (Å²) in [7, 11) is 0. The van der Waals surface area contributed by atoms with E-state index in [-0.39, 0.29) is 5.84 Å². The molecular weight excluding hydrogens is 200 g/mol. The third-order valence-electron chi connectivity index (χ3n) is 2.82. The Morgan fingerprint density at radius 3 is 2.94 bits per heavy atom. The lowest BCUT2D eigenvalue weighted by Crippen LogP contribution is -2.29. The zero-order valence-electron chi connectivity index (χ0n) is 9.61. The first-order valence-electron chi connectivity index (χ1n) is 5.69. The molecule has 1 aliphatic carbocycles. The summed E-state index contributed by atoms with van der Waals surface area (Å²) in [5.74, 6) is 0.261. The number of hydrogen-bond acceptors (Lipinski definition) is 3. The van der Waals surface area contributed by atoms with Gasteiger partial charge in [-0.25, -0.2) is 0 Å². The second kappa shape index (κ2) is 4.51. The number of aryl methyl sites for hydroxylation is 1. The van der Waals surface area contributed by atoms with Gasteiger partial charge in [-0.15, -0.1) is 0 Å². The average Bonchev–Trinajstić information content (AvgIpc) is 3.02. The lowest BCUT2D eigenvalue weighted by atomic mass is 10.2. The van der Waals surface area contributed by atoms with Crippen LogP contribution in [0.25, 0.3) is 0 Å². The Morgan fingerprint density at radius 1 is 1.62 bits per heavy atom. The van der Waals surface area contributed by atoms with Crippen molar-refractivity contribution in [1.29, 1.82) is 5.41 Å². The van der Waals surface area contributed by atoms with E-state index in [0.717, 1.165) is 12.2 Å². The van der Waals surface area contributed by atoms with Crippen LogP contribution in [0.1, 0.15) is 25.0 Å². The summed E-state index contributed by atoms with van der Waals surface area (Å²) in [5.41, 5.74) is 7.65. The van der Waals surface area contributed by atoms with Gasteiger partial charge in [0.25, 0.3) is 0 Å². The number of hydrogen-bond donors (Lipinski definition) is 2. The van der Waals surface area contributed by atoms with Crippen molar-refractivity contribution in [2.75, 3.05) is 11.4 Å². The van der Waals surface area contributed by atoms with Crippen LogP contribution in [0.5, 0.6) is 0 Å². The summed E-state index contributed by atoms with van der Waals surface area (Å²) in [6, 6.07) is 4.77. The van der Waals surface area contributed by atoms with Crippen LogP contribution in [0, 0.1) is 12.3 Å². The van der Waals surface area contributed by atoms with Gasteiger partial charge in [-0.3, -0.25) is 10.4 Å². The molecule has 0 bridgehead atoms. The van der Waals surface area contributed by atoms with E-state index >= 15 is 0 Å². The van der Waals surface area contributed by atoms with Crippen molar-refractivity contribution in [3.63, 3.8) is 0 Å². The molecule has 2 rings (SSSR count). The molecule has 4 nitrogen and oxygen atoms in total. The Labute approximate surface area is 96.0 Å². The van der Waals surface area contributed by atoms with Gasteiger partial charge in [0.05, 0.1) is 5.84 Å². The van der Waals surface area contributed by atoms with Crippen LogP contribution in [0.2, 0.25) is 0 Å². The van der Waals surface area contributed by atoms with Crippen molar-refractivity contribution in [2.45, 2.75) is 32.2 Å². The molecule has 0 unspecified atom stereocenters. The van der Waals surface area contributed by atoms with Crippen molar-refractivity contribution in [3.05, 3.63) is 24.0 Å². The summed E-state index contributed by atoms with van der Waals surface area (Å²) in [5, 5.41) is 7.29. The smallest absolute Gasteiger partial charge is 0.0923 e. The molecule has 0 atom stereocenters. The van der Waals surface area contributed by atoms with Gasteiger partial charge in [0.1, 0.15) is 0 Å². The lowest BCUT2D eigenvalue weighted by molar-refractivity contribution is 0.795. The third-order valence-corrected chi connectivity index (χ3v) is 2.82. The number of aromatic nitrogens is 1. The predicted octanol–water partition coefficient (Wildman–Crippen LogP) is 1.68. The van der Waals surface area contributed by atoms with E-state index in [1.165, 1.54) is 18.5 Å². The van der Waals surface area contributed by atoms with Gasteiger partial charge < -0.3 is 10.6 Å². The normalized spacial score (nSPS) is 14.8. The standard InChI is InChI=1S/C12H18N4/c1-9-8-11(4-6-15-9)16(10-2-3-10)7-5-12(13)14/h4,6,8,10H,2-3,5,7H2,1H3,(H3,13,14). The molecule has 3 N–H and O–H groups in total. The zero-order valence-corrected chi connectivity index (χ0v) is 9.61. The first-order valence-corrected chi connectivity index (χ1v) is 5.69. The Balaban J connectivity index is 2.09. The first kappa shape index (κ1) is 10.9. The molecular formula is C12H18N4. The second-order valence-electron chi connectivity index (χ2n) is 4.36. The van der Waals surface area contributed by atoms with E-state index < -0.39 is 0 Å². The SMILES string of the molecule is Cc1cc(N(CCC(=N)N)C2CC2)ccn1. The van der Waals surface area contributed by atoms with Gasteiger partial charge in [0.2, 0.25) is 0 Å². The summed E-state index contributed by atoms with van der Waals surface area (Å²) >= 11 is 0. The molecule has 1 heterocycles. The monoisotopic (exact) mass is 218 g/mol. The topological polar surface area (TPSA) is 66.0 Å². The van der Waals surface area contributed by atoms with Crippen LogP contribution in [-0.2, 0) is 0 Å². The van der Waals surface area contributed by atoms with Gasteiger partial charge >= 0.3 is 0 Å². The van der Waals surface area contributed by atoms with E-state index in [1.807, 2.05) is 19.2 Å². The molecule has 0 aliphatic heterocycles. The van der Waals surface area contributed by atoms with E-state index in [0.29, 0.717) is 12.5 Å². The molecule has 0 radical (unpaired) electrons. The first-order chi connectivity index (χ1) is 7.66. The highest BCUT2D eigenvalue weighted by atomic mass is 15.2. The molecule has 0 aromatic carbocycles. The van der Waals surface area contributed by atoms with Crippen LogP contribution < -0.4 is 10.6 Å². The third kappa shape index (κ3) is 2.72. The molecule has 1 aromatic heterocycles. The van der Waals surface area contributed by atoms with Crippen LogP contribution in [0.4, 0.5) is 5.69 Å². The summed E-state index contributed by atoms with van der Waals surface area (Å²) < 4.78 is 0. The number of anilines is 1. The number of pyridine rings is 1. The Morgan fingerprint density at radius 2 is 2.38 bits per heavy atom. The Bertz CT molecular complexity index is 384. The molecule has 1 aromatic rings. The van der Waals surface area contributed by atoms with Gasteiger partial charge in [-0.1, -0.05) is 0 Å². The van der Waals surface area contributed by atoms with Crippen LogP contribution in [0.3, 0.4) is 0 Å². The van der Waals surface area contributed by atoms with Gasteiger partial charge in [0.15, 0.2) is 0 Å². The van der Waals surface area contributed by atoms with Crippen LogP contribution >= 0.6 is 0 Å². The number of nitrogens with zero attached hydrogens (tertiary/aromatic N) is 2. The number of nitrogens with two attached hydrogens (primary N) is 1. The fourth-order valence-electron chi connectivity index (χ4n) is 1.86. The van der Waals surface area contributed by atoms with Gasteiger partial charge in [-0.05, 0) is 31.9 Å². The minimum absolute atomic E-state index is 0.261. The molecule has 1 aliphatic rings. The van der Waals surface area contributed by atoms with Crippen molar-refractivity contribution >= 4 is 11.5 Å². The molecule has 0 spiro atoms. The zero-order chi connectivity index (χ0) is 11.5. The Kier molecular flexibility index (Phi) is 3.08. The van der Waals surface area contributed by atoms with E-state index in [4.69, 9.17) is 11.1 Å². The van der Waals surface area contributed by atoms with E-state index in [1.54, 1.807) is 0 Å². The number of rotatable bonds is 5. The maximum atomic E-state index is 7.29. The summed E-state index contributed by atoms with van der Waals surface area (Å²) in [6.07, 6.45) is 4.98. The highest BCUT2D eigenvalue weighted by Crippen LogP contribution is 2.31. The van der Waals surface area contributed by atoms with Crippen molar-refractivity contribution in [1.82, 2.24) is 4.98 Å². The molecule has 86 valence electrons. The van der Waals surface area contributed by atoms with Gasteiger partial charge in [-0.2, -0.15) is 0 Å². The van der Waals surface area contributed by atoms with Crippen LogP contribution in [-0.4, -0.2) is 23.4 Å². The lowest BCUT2D eigenvalue weighted by Gasteiger charge is -2.24. The summed E-state index contributed by atoms with van der Waals surface area (Å²) in [6.45, 7) is 2.84. The average molecular weight is 218 g/mol. The number of nitrogens with one attached hydrogen (secondary N) is 1. The molecule has 1 saturated carbocycles. The Hall–Kier alpha value is -1.58. The molecule has 0 saturated heterocycles.